The third-order valence-electron chi connectivity index (χ3n) is 3.76. The lowest BCUT2D eigenvalue weighted by Gasteiger charge is -2.25. The van der Waals surface area contributed by atoms with Crippen molar-refractivity contribution in [3.05, 3.63) is 64.7 Å². The van der Waals surface area contributed by atoms with Crippen LogP contribution in [0.1, 0.15) is 36.2 Å². The Morgan fingerprint density at radius 1 is 1.04 bits per heavy atom. The summed E-state index contributed by atoms with van der Waals surface area (Å²) < 4.78 is 5.75. The third-order valence-corrected chi connectivity index (χ3v) is 4.02. The number of hydrogen-bond acceptors (Lipinski definition) is 4. The van der Waals surface area contributed by atoms with Gasteiger partial charge in [-0.05, 0) is 68.8 Å². The van der Waals surface area contributed by atoms with Gasteiger partial charge in [0.25, 0.3) is 5.91 Å². The summed E-state index contributed by atoms with van der Waals surface area (Å²) in [6.45, 7) is 3.73. The Balaban J connectivity index is 2.03. The highest BCUT2D eigenvalue weighted by Gasteiger charge is 2.29. The van der Waals surface area contributed by atoms with Gasteiger partial charge in [0.05, 0.1) is 0 Å². The Morgan fingerprint density at radius 3 is 2.12 bits per heavy atom. The number of benzene rings is 2. The molecule has 138 valence electrons. The van der Waals surface area contributed by atoms with Gasteiger partial charge in [-0.3, -0.25) is 9.59 Å². The van der Waals surface area contributed by atoms with E-state index < -0.39 is 5.60 Å². The summed E-state index contributed by atoms with van der Waals surface area (Å²) in [6.07, 6.45) is 0.489. The van der Waals surface area contributed by atoms with E-state index in [0.717, 1.165) is 0 Å². The van der Waals surface area contributed by atoms with Crippen LogP contribution in [-0.2, 0) is 4.79 Å². The van der Waals surface area contributed by atoms with Gasteiger partial charge in [0.2, 0.25) is 0 Å². The highest BCUT2D eigenvalue weighted by Crippen LogP contribution is 2.21. The van der Waals surface area contributed by atoms with E-state index in [1.165, 1.54) is 0 Å². The molecule has 0 fully saturated rings. The predicted molar refractivity (Wildman–Crippen MR) is 101 cm³/mol. The number of ether oxygens (including phenoxy) is 1. The van der Waals surface area contributed by atoms with Gasteiger partial charge in [-0.1, -0.05) is 11.6 Å². The molecule has 2 aromatic rings. The summed E-state index contributed by atoms with van der Waals surface area (Å²) in [5.41, 5.74) is -0.00603. The van der Waals surface area contributed by atoms with E-state index in [-0.39, 0.29) is 18.3 Å². The number of carbonyl (C=O) groups excluding carboxylic acids is 2. The van der Waals surface area contributed by atoms with Crippen LogP contribution in [0.2, 0.25) is 5.02 Å². The summed E-state index contributed by atoms with van der Waals surface area (Å²) in [5.74, 6) is 0.0986. The summed E-state index contributed by atoms with van der Waals surface area (Å²) in [4.78, 5) is 24.6. The number of nitrogens with one attached hydrogen (secondary N) is 1. The fraction of sp³-hybridized carbons (Fsp3) is 0.300. The third kappa shape index (κ3) is 5.31. The van der Waals surface area contributed by atoms with Crippen LogP contribution in [-0.4, -0.2) is 35.5 Å². The molecular weight excluding hydrogens is 354 g/mol. The van der Waals surface area contributed by atoms with Crippen LogP contribution in [0.4, 0.5) is 0 Å². The Hall–Kier alpha value is -2.37. The molecule has 6 heteroatoms. The zero-order valence-electron chi connectivity index (χ0n) is 14.8. The van der Waals surface area contributed by atoms with Crippen LogP contribution in [0.15, 0.2) is 48.5 Å². The summed E-state index contributed by atoms with van der Waals surface area (Å²) in [6, 6.07) is 13.3. The number of halogens is 1. The smallest absolute Gasteiger partial charge is 0.263 e. The first-order chi connectivity index (χ1) is 12.3. The normalized spacial score (nSPS) is 11.1. The molecule has 0 aliphatic rings. The number of rotatable bonds is 8. The van der Waals surface area contributed by atoms with Gasteiger partial charge in [0, 0.05) is 29.3 Å². The van der Waals surface area contributed by atoms with Gasteiger partial charge in [-0.2, -0.15) is 0 Å². The molecule has 26 heavy (non-hydrogen) atoms. The van der Waals surface area contributed by atoms with Crippen molar-refractivity contribution in [1.82, 2.24) is 5.32 Å². The average Bonchev–Trinajstić information content (AvgIpc) is 2.62. The van der Waals surface area contributed by atoms with Crippen LogP contribution in [0.25, 0.3) is 0 Å². The van der Waals surface area contributed by atoms with E-state index in [2.05, 4.69) is 5.32 Å². The lowest BCUT2D eigenvalue weighted by molar-refractivity contribution is -0.134. The molecule has 5 nitrogen and oxygen atoms in total. The minimum absolute atomic E-state index is 0.0185. The molecule has 0 heterocycles. The molecule has 2 N–H and O–H groups in total. The van der Waals surface area contributed by atoms with Crippen LogP contribution in [0.3, 0.4) is 0 Å². The van der Waals surface area contributed by atoms with E-state index in [4.69, 9.17) is 21.4 Å². The fourth-order valence-electron chi connectivity index (χ4n) is 2.28. The highest BCUT2D eigenvalue weighted by atomic mass is 35.5. The quantitative estimate of drug-likeness (QED) is 0.548. The lowest BCUT2D eigenvalue weighted by atomic mass is 10.0. The molecule has 0 atom stereocenters. The van der Waals surface area contributed by atoms with Crippen LogP contribution >= 0.6 is 11.6 Å². The molecule has 0 radical (unpaired) electrons. The first-order valence-corrected chi connectivity index (χ1v) is 8.70. The molecule has 2 rings (SSSR count). The molecular formula is C20H22ClNO4. The minimum Gasteiger partial charge on any atom is -0.478 e. The second-order valence-electron chi connectivity index (χ2n) is 6.31. The van der Waals surface area contributed by atoms with Gasteiger partial charge < -0.3 is 15.2 Å². The molecule has 0 bridgehead atoms. The summed E-state index contributed by atoms with van der Waals surface area (Å²) >= 11 is 5.84. The molecule has 0 saturated carbocycles. The van der Waals surface area contributed by atoms with E-state index in [1.54, 1.807) is 62.4 Å². The highest BCUT2D eigenvalue weighted by molar-refractivity contribution is 6.30. The van der Waals surface area contributed by atoms with Gasteiger partial charge in [0.1, 0.15) is 5.75 Å². The minimum atomic E-state index is -1.07. The maximum absolute atomic E-state index is 12.4. The van der Waals surface area contributed by atoms with E-state index in [9.17, 15) is 9.59 Å². The van der Waals surface area contributed by atoms with Gasteiger partial charge in [0.15, 0.2) is 11.4 Å². The number of carbonyl (C=O) groups is 2. The largest absolute Gasteiger partial charge is 0.478 e. The van der Waals surface area contributed by atoms with E-state index >= 15 is 0 Å². The number of ketones is 1. The number of aliphatic hydroxyl groups excluding tert-OH is 1. The summed E-state index contributed by atoms with van der Waals surface area (Å²) in [7, 11) is 0. The standard InChI is InChI=1S/C20H22ClNO4/c1-20(2,19(25)22-12-3-13-23)26-17-10-6-15(7-11-17)18(24)14-4-8-16(21)9-5-14/h4-11,23H,3,12-13H2,1-2H3,(H,22,25). The Kier molecular flexibility index (Phi) is 6.77. The zero-order chi connectivity index (χ0) is 19.2. The Bertz CT molecular complexity index is 754. The summed E-state index contributed by atoms with van der Waals surface area (Å²) in [5, 5.41) is 12.1. The van der Waals surface area contributed by atoms with Gasteiger partial charge >= 0.3 is 0 Å². The van der Waals surface area contributed by atoms with Crippen molar-refractivity contribution < 1.29 is 19.4 Å². The maximum atomic E-state index is 12.4. The van der Waals surface area contributed by atoms with Gasteiger partial charge in [-0.15, -0.1) is 0 Å². The van der Waals surface area contributed by atoms with Crippen molar-refractivity contribution in [2.75, 3.05) is 13.2 Å². The Morgan fingerprint density at radius 2 is 1.58 bits per heavy atom. The van der Waals surface area contributed by atoms with Gasteiger partial charge in [-0.25, -0.2) is 0 Å². The predicted octanol–water partition coefficient (Wildman–Crippen LogP) is 3.23. The molecule has 1 amide bonds. The molecule has 2 aromatic carbocycles. The zero-order valence-corrected chi connectivity index (χ0v) is 15.5. The molecule has 0 unspecified atom stereocenters. The molecule has 0 aromatic heterocycles. The number of amides is 1. The number of hydrogen-bond donors (Lipinski definition) is 2. The van der Waals surface area contributed by atoms with E-state index in [1.807, 2.05) is 0 Å². The lowest BCUT2D eigenvalue weighted by Crippen LogP contribution is -2.46. The van der Waals surface area contributed by atoms with Crippen molar-refractivity contribution in [2.24, 2.45) is 0 Å². The first kappa shape index (κ1) is 19.9. The first-order valence-electron chi connectivity index (χ1n) is 8.32. The van der Waals surface area contributed by atoms with E-state index in [0.29, 0.717) is 34.9 Å². The van der Waals surface area contributed by atoms with Crippen molar-refractivity contribution in [2.45, 2.75) is 25.9 Å². The Labute approximate surface area is 157 Å². The van der Waals surface area contributed by atoms with Crippen molar-refractivity contribution in [3.8, 4) is 5.75 Å². The topological polar surface area (TPSA) is 75.6 Å². The van der Waals surface area contributed by atoms with Crippen molar-refractivity contribution in [3.63, 3.8) is 0 Å². The molecule has 0 saturated heterocycles. The van der Waals surface area contributed by atoms with Crippen LogP contribution in [0.5, 0.6) is 5.75 Å². The van der Waals surface area contributed by atoms with Crippen molar-refractivity contribution >= 4 is 23.3 Å². The fourth-order valence-corrected chi connectivity index (χ4v) is 2.40. The van der Waals surface area contributed by atoms with Crippen LogP contribution in [0, 0.1) is 0 Å². The van der Waals surface area contributed by atoms with Crippen molar-refractivity contribution in [1.29, 1.82) is 0 Å². The molecule has 0 aliphatic heterocycles. The monoisotopic (exact) mass is 375 g/mol. The average molecular weight is 376 g/mol. The molecule has 0 spiro atoms. The maximum Gasteiger partial charge on any atom is 0.263 e. The SMILES string of the molecule is CC(C)(Oc1ccc(C(=O)c2ccc(Cl)cc2)cc1)C(=O)NCCCO. The second kappa shape index (κ2) is 8.83. The second-order valence-corrected chi connectivity index (χ2v) is 6.74. The van der Waals surface area contributed by atoms with Crippen LogP contribution < -0.4 is 10.1 Å². The number of aliphatic hydroxyl groups is 1. The molecule has 0 aliphatic carbocycles.